The molecule has 0 aliphatic carbocycles. The molecule has 2 rings (SSSR count). The molecule has 0 aromatic heterocycles. The van der Waals surface area contributed by atoms with Gasteiger partial charge in [0.05, 0.1) is 7.11 Å². The molecule has 3 heteroatoms. The van der Waals surface area contributed by atoms with Crippen LogP contribution >= 0.6 is 11.8 Å². The van der Waals surface area contributed by atoms with Gasteiger partial charge in [-0.15, -0.1) is 0 Å². The molecule has 1 saturated heterocycles. The van der Waals surface area contributed by atoms with Crippen molar-refractivity contribution in [2.75, 3.05) is 12.9 Å². The lowest BCUT2D eigenvalue weighted by Crippen LogP contribution is -2.40. The lowest BCUT2D eigenvalue weighted by atomic mass is 10.0. The van der Waals surface area contributed by atoms with Crippen molar-refractivity contribution in [3.8, 4) is 5.75 Å². The third-order valence-corrected chi connectivity index (χ3v) is 5.06. The van der Waals surface area contributed by atoms with E-state index in [1.54, 1.807) is 7.11 Å². The summed E-state index contributed by atoms with van der Waals surface area (Å²) in [5.74, 6) is 2.29. The van der Waals surface area contributed by atoms with Crippen LogP contribution in [0.2, 0.25) is 0 Å². The average Bonchev–Trinajstić information content (AvgIpc) is 2.41. The number of rotatable bonds is 4. The first kappa shape index (κ1) is 13.8. The summed E-state index contributed by atoms with van der Waals surface area (Å²) in [6, 6.07) is 9.24. The number of hydrogen-bond donors (Lipinski definition) is 1. The Balaban J connectivity index is 2.04. The van der Waals surface area contributed by atoms with E-state index < -0.39 is 0 Å². The van der Waals surface area contributed by atoms with Gasteiger partial charge in [0.2, 0.25) is 0 Å². The van der Waals surface area contributed by atoms with Gasteiger partial charge in [0, 0.05) is 22.9 Å². The summed E-state index contributed by atoms with van der Waals surface area (Å²) in [7, 11) is 1.74. The molecule has 1 aromatic carbocycles. The summed E-state index contributed by atoms with van der Waals surface area (Å²) in [5, 5.41) is 4.46. The summed E-state index contributed by atoms with van der Waals surface area (Å²) < 4.78 is 5.44. The predicted octanol–water partition coefficient (Wildman–Crippen LogP) is 3.63. The highest BCUT2D eigenvalue weighted by Crippen LogP contribution is 2.29. The first-order valence-corrected chi connectivity index (χ1v) is 7.78. The fraction of sp³-hybridized carbons (Fsp3) is 0.600. The Morgan fingerprint density at radius 2 is 2.17 bits per heavy atom. The predicted molar refractivity (Wildman–Crippen MR) is 79.5 cm³/mol. The van der Waals surface area contributed by atoms with Crippen molar-refractivity contribution in [2.24, 2.45) is 0 Å². The molecule has 0 bridgehead atoms. The van der Waals surface area contributed by atoms with Crippen molar-refractivity contribution >= 4 is 11.8 Å². The fourth-order valence-electron chi connectivity index (χ4n) is 2.58. The number of nitrogens with one attached hydrogen (secondary N) is 1. The van der Waals surface area contributed by atoms with E-state index in [0.29, 0.717) is 17.3 Å². The summed E-state index contributed by atoms with van der Waals surface area (Å²) in [6.45, 7) is 4.56. The number of benzene rings is 1. The maximum atomic E-state index is 5.44. The van der Waals surface area contributed by atoms with E-state index in [1.165, 1.54) is 24.2 Å². The Kier molecular flexibility index (Phi) is 4.95. The van der Waals surface area contributed by atoms with Crippen LogP contribution in [0.4, 0.5) is 0 Å². The van der Waals surface area contributed by atoms with Crippen LogP contribution in [-0.2, 0) is 0 Å². The van der Waals surface area contributed by atoms with Gasteiger partial charge in [0.15, 0.2) is 0 Å². The van der Waals surface area contributed by atoms with E-state index in [-0.39, 0.29) is 0 Å². The molecule has 2 nitrogen and oxygen atoms in total. The van der Waals surface area contributed by atoms with Gasteiger partial charge in [-0.2, -0.15) is 11.8 Å². The van der Waals surface area contributed by atoms with E-state index in [4.69, 9.17) is 4.74 Å². The van der Waals surface area contributed by atoms with Crippen molar-refractivity contribution in [2.45, 2.75) is 44.0 Å². The van der Waals surface area contributed by atoms with Crippen molar-refractivity contribution < 1.29 is 4.74 Å². The molecular weight excluding hydrogens is 242 g/mol. The first-order chi connectivity index (χ1) is 8.72. The minimum absolute atomic E-state index is 0.340. The lowest BCUT2D eigenvalue weighted by molar-refractivity contribution is 0.383. The van der Waals surface area contributed by atoms with Crippen LogP contribution in [0.25, 0.3) is 0 Å². The molecule has 0 saturated carbocycles. The van der Waals surface area contributed by atoms with Crippen LogP contribution in [0.15, 0.2) is 24.3 Å². The van der Waals surface area contributed by atoms with Crippen molar-refractivity contribution in [3.63, 3.8) is 0 Å². The van der Waals surface area contributed by atoms with Crippen LogP contribution < -0.4 is 10.1 Å². The fourth-order valence-corrected chi connectivity index (χ4v) is 3.73. The molecule has 1 aliphatic rings. The smallest absolute Gasteiger partial charge is 0.123 e. The Morgan fingerprint density at radius 3 is 2.89 bits per heavy atom. The number of hydrogen-bond acceptors (Lipinski definition) is 3. The van der Waals surface area contributed by atoms with Gasteiger partial charge in [-0.3, -0.25) is 0 Å². The second kappa shape index (κ2) is 6.48. The summed E-state index contributed by atoms with van der Waals surface area (Å²) >= 11 is 2.08. The molecule has 1 aliphatic heterocycles. The zero-order chi connectivity index (χ0) is 13.0. The second-order valence-electron chi connectivity index (χ2n) is 4.95. The van der Waals surface area contributed by atoms with Crippen molar-refractivity contribution in [1.82, 2.24) is 5.32 Å². The minimum Gasteiger partial charge on any atom is -0.496 e. The van der Waals surface area contributed by atoms with E-state index in [9.17, 15) is 0 Å². The number of methoxy groups -OCH3 is 1. The van der Waals surface area contributed by atoms with Crippen LogP contribution in [0.5, 0.6) is 5.75 Å². The summed E-state index contributed by atoms with van der Waals surface area (Å²) in [5.41, 5.74) is 1.25. The van der Waals surface area contributed by atoms with E-state index >= 15 is 0 Å². The number of para-hydroxylation sites is 1. The van der Waals surface area contributed by atoms with Crippen LogP contribution in [0, 0.1) is 0 Å². The third kappa shape index (κ3) is 3.21. The Hall–Kier alpha value is -0.670. The van der Waals surface area contributed by atoms with Gasteiger partial charge in [-0.25, -0.2) is 0 Å². The normalized spacial score (nSPS) is 25.7. The molecule has 1 N–H and O–H groups in total. The van der Waals surface area contributed by atoms with Crippen LogP contribution in [0.1, 0.15) is 38.3 Å². The maximum Gasteiger partial charge on any atom is 0.123 e. The molecule has 2 unspecified atom stereocenters. The topological polar surface area (TPSA) is 21.3 Å². The standard InChI is InChI=1S/C15H23NOS/c1-11(13-7-4-5-9-15(13)17-3)16-14-8-6-10-18-12(14)2/h4-5,7,9,11-12,14,16H,6,8,10H2,1-3H3/t11-,12?,14?/m0/s1. The van der Waals surface area contributed by atoms with Crippen molar-refractivity contribution in [1.29, 1.82) is 0 Å². The minimum atomic E-state index is 0.340. The molecular formula is C15H23NOS. The molecule has 1 heterocycles. The van der Waals surface area contributed by atoms with Crippen LogP contribution in [-0.4, -0.2) is 24.2 Å². The SMILES string of the molecule is COc1ccccc1[C@H](C)NC1CCCSC1C. The Morgan fingerprint density at radius 1 is 1.39 bits per heavy atom. The second-order valence-corrected chi connectivity index (χ2v) is 6.44. The third-order valence-electron chi connectivity index (χ3n) is 3.68. The summed E-state index contributed by atoms with van der Waals surface area (Å²) in [4.78, 5) is 0. The highest BCUT2D eigenvalue weighted by Gasteiger charge is 2.24. The zero-order valence-corrected chi connectivity index (χ0v) is 12.3. The summed E-state index contributed by atoms with van der Waals surface area (Å²) in [6.07, 6.45) is 2.61. The van der Waals surface area contributed by atoms with Gasteiger partial charge in [-0.05, 0) is 31.6 Å². The molecule has 0 spiro atoms. The van der Waals surface area contributed by atoms with E-state index in [0.717, 1.165) is 5.75 Å². The number of thioether (sulfide) groups is 1. The first-order valence-electron chi connectivity index (χ1n) is 6.73. The number of ether oxygens (including phenoxy) is 1. The Bertz CT molecular complexity index is 383. The molecule has 18 heavy (non-hydrogen) atoms. The molecule has 3 atom stereocenters. The molecule has 0 radical (unpaired) electrons. The van der Waals surface area contributed by atoms with Gasteiger partial charge >= 0.3 is 0 Å². The quantitative estimate of drug-likeness (QED) is 0.898. The van der Waals surface area contributed by atoms with Gasteiger partial charge in [-0.1, -0.05) is 25.1 Å². The zero-order valence-electron chi connectivity index (χ0n) is 11.5. The Labute approximate surface area is 114 Å². The largest absolute Gasteiger partial charge is 0.496 e. The van der Waals surface area contributed by atoms with Gasteiger partial charge in [0.25, 0.3) is 0 Å². The lowest BCUT2D eigenvalue weighted by Gasteiger charge is -2.32. The monoisotopic (exact) mass is 265 g/mol. The highest BCUT2D eigenvalue weighted by atomic mass is 32.2. The molecule has 1 aromatic rings. The van der Waals surface area contributed by atoms with Crippen LogP contribution in [0.3, 0.4) is 0 Å². The van der Waals surface area contributed by atoms with Gasteiger partial charge < -0.3 is 10.1 Å². The van der Waals surface area contributed by atoms with E-state index in [2.05, 4.69) is 43.1 Å². The van der Waals surface area contributed by atoms with Gasteiger partial charge in [0.1, 0.15) is 5.75 Å². The van der Waals surface area contributed by atoms with E-state index in [1.807, 2.05) is 12.1 Å². The average molecular weight is 265 g/mol. The highest BCUT2D eigenvalue weighted by molar-refractivity contribution is 7.99. The molecule has 100 valence electrons. The molecule has 1 fully saturated rings. The molecule has 0 amide bonds. The van der Waals surface area contributed by atoms with Crippen molar-refractivity contribution in [3.05, 3.63) is 29.8 Å². The maximum absolute atomic E-state index is 5.44.